The van der Waals surface area contributed by atoms with E-state index in [1.54, 1.807) is 22.7 Å². The SMILES string of the molecule is c1ccc(-c2nc3ccccc3s2)c(OCCCOc2ccccc2-c2nc3ccccc3s2)c1. The number of ether oxygens (including phenoxy) is 2. The number of aromatic nitrogens is 2. The van der Waals surface area contributed by atoms with Gasteiger partial charge in [0.2, 0.25) is 0 Å². The first-order valence-electron chi connectivity index (χ1n) is 11.5. The predicted octanol–water partition coefficient (Wildman–Crippen LogP) is 8.09. The van der Waals surface area contributed by atoms with Crippen molar-refractivity contribution in [2.45, 2.75) is 6.42 Å². The molecule has 6 heteroatoms. The predicted molar refractivity (Wildman–Crippen MR) is 146 cm³/mol. The summed E-state index contributed by atoms with van der Waals surface area (Å²) in [6.45, 7) is 1.12. The number of thiazole rings is 2. The molecule has 0 fully saturated rings. The molecule has 0 aliphatic rings. The quantitative estimate of drug-likeness (QED) is 0.201. The van der Waals surface area contributed by atoms with Gasteiger partial charge in [-0.25, -0.2) is 9.97 Å². The fraction of sp³-hybridized carbons (Fsp3) is 0.103. The summed E-state index contributed by atoms with van der Waals surface area (Å²) < 4.78 is 14.7. The fourth-order valence-electron chi connectivity index (χ4n) is 3.94. The molecular weight excluding hydrogens is 472 g/mol. The number of fused-ring (bicyclic) bond motifs is 2. The van der Waals surface area contributed by atoms with Gasteiger partial charge in [-0.05, 0) is 48.5 Å². The van der Waals surface area contributed by atoms with Crippen LogP contribution in [0.25, 0.3) is 41.6 Å². The highest BCUT2D eigenvalue weighted by Gasteiger charge is 2.13. The van der Waals surface area contributed by atoms with E-state index < -0.39 is 0 Å². The second kappa shape index (κ2) is 9.86. The fourth-order valence-corrected chi connectivity index (χ4v) is 5.93. The zero-order chi connectivity index (χ0) is 23.5. The Kier molecular flexibility index (Phi) is 6.13. The average Bonchev–Trinajstić information content (AvgIpc) is 3.53. The molecule has 4 aromatic carbocycles. The largest absolute Gasteiger partial charge is 0.493 e. The van der Waals surface area contributed by atoms with E-state index in [4.69, 9.17) is 19.4 Å². The Morgan fingerprint density at radius 1 is 0.514 bits per heavy atom. The van der Waals surface area contributed by atoms with E-state index in [1.165, 1.54) is 9.40 Å². The summed E-state index contributed by atoms with van der Waals surface area (Å²) in [6.07, 6.45) is 0.766. The van der Waals surface area contributed by atoms with Crippen LogP contribution in [0.5, 0.6) is 11.5 Å². The molecular formula is C29H22N2O2S2. The molecule has 0 bridgehead atoms. The van der Waals surface area contributed by atoms with Crippen LogP contribution < -0.4 is 9.47 Å². The Balaban J connectivity index is 1.11. The maximum atomic E-state index is 6.16. The van der Waals surface area contributed by atoms with Gasteiger partial charge in [0.25, 0.3) is 0 Å². The van der Waals surface area contributed by atoms with Gasteiger partial charge in [-0.15, -0.1) is 22.7 Å². The van der Waals surface area contributed by atoms with Crippen LogP contribution in [0.15, 0.2) is 97.1 Å². The van der Waals surface area contributed by atoms with Crippen LogP contribution in [0, 0.1) is 0 Å². The third-order valence-electron chi connectivity index (χ3n) is 5.63. The molecule has 0 amide bonds. The lowest BCUT2D eigenvalue weighted by Crippen LogP contribution is -2.06. The van der Waals surface area contributed by atoms with Crippen LogP contribution in [0.4, 0.5) is 0 Å². The van der Waals surface area contributed by atoms with E-state index in [-0.39, 0.29) is 0 Å². The topological polar surface area (TPSA) is 44.2 Å². The Morgan fingerprint density at radius 2 is 0.943 bits per heavy atom. The zero-order valence-electron chi connectivity index (χ0n) is 18.9. The molecule has 0 aliphatic carbocycles. The van der Waals surface area contributed by atoms with Crippen LogP contribution in [0.2, 0.25) is 0 Å². The van der Waals surface area contributed by atoms with Gasteiger partial charge in [-0.2, -0.15) is 0 Å². The van der Waals surface area contributed by atoms with Crippen molar-refractivity contribution in [2.75, 3.05) is 13.2 Å². The van der Waals surface area contributed by atoms with E-state index in [2.05, 4.69) is 24.3 Å². The van der Waals surface area contributed by atoms with Gasteiger partial charge in [0.05, 0.1) is 44.8 Å². The molecule has 0 N–H and O–H groups in total. The third-order valence-corrected chi connectivity index (χ3v) is 7.77. The lowest BCUT2D eigenvalue weighted by molar-refractivity contribution is 0.248. The highest BCUT2D eigenvalue weighted by Crippen LogP contribution is 2.37. The van der Waals surface area contributed by atoms with E-state index in [9.17, 15) is 0 Å². The third kappa shape index (κ3) is 4.63. The summed E-state index contributed by atoms with van der Waals surface area (Å²) in [7, 11) is 0. The summed E-state index contributed by atoms with van der Waals surface area (Å²) in [5.41, 5.74) is 4.08. The second-order valence-electron chi connectivity index (χ2n) is 8.02. The lowest BCUT2D eigenvalue weighted by Gasteiger charge is -2.12. The van der Waals surface area contributed by atoms with Crippen molar-refractivity contribution in [3.8, 4) is 32.6 Å². The summed E-state index contributed by atoms with van der Waals surface area (Å²) in [5, 5.41) is 1.95. The Labute approximate surface area is 211 Å². The van der Waals surface area contributed by atoms with Crippen molar-refractivity contribution in [1.82, 2.24) is 9.97 Å². The molecule has 0 spiro atoms. The number of rotatable bonds is 8. The molecule has 6 rings (SSSR count). The van der Waals surface area contributed by atoms with Crippen molar-refractivity contribution >= 4 is 43.1 Å². The molecule has 0 saturated heterocycles. The Hall–Kier alpha value is -3.74. The van der Waals surface area contributed by atoms with Crippen molar-refractivity contribution < 1.29 is 9.47 Å². The number of hydrogen-bond donors (Lipinski definition) is 0. The molecule has 6 aromatic rings. The molecule has 0 saturated carbocycles. The van der Waals surface area contributed by atoms with Crippen LogP contribution in [0.3, 0.4) is 0 Å². The van der Waals surface area contributed by atoms with E-state index in [0.717, 1.165) is 50.1 Å². The molecule has 35 heavy (non-hydrogen) atoms. The van der Waals surface area contributed by atoms with Crippen LogP contribution in [-0.2, 0) is 0 Å². The summed E-state index contributed by atoms with van der Waals surface area (Å²) in [6, 6.07) is 32.6. The first kappa shape index (κ1) is 21.8. The van der Waals surface area contributed by atoms with Gasteiger partial charge in [-0.1, -0.05) is 48.5 Å². The van der Waals surface area contributed by atoms with Gasteiger partial charge in [0.1, 0.15) is 21.5 Å². The Bertz CT molecular complexity index is 1420. The maximum Gasteiger partial charge on any atom is 0.129 e. The van der Waals surface area contributed by atoms with Gasteiger partial charge < -0.3 is 9.47 Å². The monoisotopic (exact) mass is 494 g/mol. The summed E-state index contributed by atoms with van der Waals surface area (Å²) in [4.78, 5) is 9.58. The van der Waals surface area contributed by atoms with Crippen molar-refractivity contribution in [3.63, 3.8) is 0 Å². The van der Waals surface area contributed by atoms with Crippen LogP contribution >= 0.6 is 22.7 Å². The van der Waals surface area contributed by atoms with Crippen LogP contribution in [0.1, 0.15) is 6.42 Å². The number of nitrogens with zero attached hydrogens (tertiary/aromatic N) is 2. The van der Waals surface area contributed by atoms with Crippen molar-refractivity contribution in [1.29, 1.82) is 0 Å². The molecule has 2 heterocycles. The van der Waals surface area contributed by atoms with Crippen molar-refractivity contribution in [2.24, 2.45) is 0 Å². The van der Waals surface area contributed by atoms with E-state index in [0.29, 0.717) is 13.2 Å². The van der Waals surface area contributed by atoms with E-state index >= 15 is 0 Å². The summed E-state index contributed by atoms with van der Waals surface area (Å²) >= 11 is 3.37. The smallest absolute Gasteiger partial charge is 0.129 e. The minimum Gasteiger partial charge on any atom is -0.493 e. The number of benzene rings is 4. The van der Waals surface area contributed by atoms with Gasteiger partial charge in [0.15, 0.2) is 0 Å². The Morgan fingerprint density at radius 3 is 1.43 bits per heavy atom. The summed E-state index contributed by atoms with van der Waals surface area (Å²) in [5.74, 6) is 1.70. The minimum atomic E-state index is 0.561. The normalized spacial score (nSPS) is 11.2. The second-order valence-corrected chi connectivity index (χ2v) is 10.1. The minimum absolute atomic E-state index is 0.561. The molecule has 0 aliphatic heterocycles. The average molecular weight is 495 g/mol. The van der Waals surface area contributed by atoms with Gasteiger partial charge >= 0.3 is 0 Å². The number of para-hydroxylation sites is 4. The lowest BCUT2D eigenvalue weighted by atomic mass is 10.2. The first-order chi connectivity index (χ1) is 17.3. The van der Waals surface area contributed by atoms with Gasteiger partial charge in [0, 0.05) is 6.42 Å². The van der Waals surface area contributed by atoms with E-state index in [1.807, 2.05) is 72.8 Å². The first-order valence-corrected chi connectivity index (χ1v) is 13.1. The molecule has 4 nitrogen and oxygen atoms in total. The highest BCUT2D eigenvalue weighted by molar-refractivity contribution is 7.22. The highest BCUT2D eigenvalue weighted by atomic mass is 32.1. The molecule has 0 atom stereocenters. The standard InChI is InChI=1S/C29H22N2O2S2/c1-5-14-24(20(10-1)28-30-22-12-3-7-16-26(22)34-28)32-18-9-19-33-25-15-6-2-11-21(25)29-31-23-13-4-8-17-27(23)35-29/h1-8,10-17H,9,18-19H2. The number of hydrogen-bond acceptors (Lipinski definition) is 6. The maximum absolute atomic E-state index is 6.16. The zero-order valence-corrected chi connectivity index (χ0v) is 20.5. The molecule has 172 valence electrons. The molecule has 0 unspecified atom stereocenters. The van der Waals surface area contributed by atoms with Crippen molar-refractivity contribution in [3.05, 3.63) is 97.1 Å². The molecule has 2 aromatic heterocycles. The van der Waals surface area contributed by atoms with Gasteiger partial charge in [-0.3, -0.25) is 0 Å². The van der Waals surface area contributed by atoms with Crippen LogP contribution in [-0.4, -0.2) is 23.2 Å². The molecule has 0 radical (unpaired) electrons.